The summed E-state index contributed by atoms with van der Waals surface area (Å²) in [5, 5.41) is 14.3. The van der Waals surface area contributed by atoms with Crippen molar-refractivity contribution >= 4 is 34.1 Å². The van der Waals surface area contributed by atoms with Crippen molar-refractivity contribution in [3.63, 3.8) is 0 Å². The number of primary amides is 1. The summed E-state index contributed by atoms with van der Waals surface area (Å²) in [6.07, 6.45) is 3.43. The molecule has 1 atom stereocenters. The lowest BCUT2D eigenvalue weighted by atomic mass is 10.00. The summed E-state index contributed by atoms with van der Waals surface area (Å²) >= 11 is 6.65. The number of aryl methyl sites for hydroxylation is 2. The molecule has 4 rings (SSSR count). The normalized spacial score (nSPS) is 12.5. The van der Waals surface area contributed by atoms with Gasteiger partial charge in [0.15, 0.2) is 5.82 Å². The summed E-state index contributed by atoms with van der Waals surface area (Å²) in [5.41, 5.74) is 7.11. The zero-order valence-electron chi connectivity index (χ0n) is 21.4. The predicted molar refractivity (Wildman–Crippen MR) is 144 cm³/mol. The third kappa shape index (κ3) is 5.74. The van der Waals surface area contributed by atoms with Gasteiger partial charge in [0.05, 0.1) is 28.0 Å². The van der Waals surface area contributed by atoms with Gasteiger partial charge in [-0.1, -0.05) is 23.7 Å². The number of pyridine rings is 1. The topological polar surface area (TPSA) is 114 Å². The van der Waals surface area contributed by atoms with Gasteiger partial charge in [0.1, 0.15) is 17.2 Å². The van der Waals surface area contributed by atoms with E-state index in [1.54, 1.807) is 45.9 Å². The Morgan fingerprint density at radius 1 is 1.16 bits per heavy atom. The number of rotatable bonds is 8. The van der Waals surface area contributed by atoms with E-state index in [2.05, 4.69) is 20.3 Å². The van der Waals surface area contributed by atoms with E-state index in [0.29, 0.717) is 44.9 Å². The minimum atomic E-state index is -1.24. The largest absolute Gasteiger partial charge is 0.382 e. The fourth-order valence-corrected chi connectivity index (χ4v) is 4.37. The Labute approximate surface area is 224 Å². The van der Waals surface area contributed by atoms with Gasteiger partial charge in [0, 0.05) is 47.0 Å². The van der Waals surface area contributed by atoms with E-state index in [1.165, 1.54) is 24.5 Å². The van der Waals surface area contributed by atoms with E-state index in [-0.39, 0.29) is 17.8 Å². The molecule has 0 aliphatic carbocycles. The molecule has 10 heteroatoms. The van der Waals surface area contributed by atoms with Crippen molar-refractivity contribution in [3.05, 3.63) is 82.0 Å². The number of anilines is 1. The minimum Gasteiger partial charge on any atom is -0.382 e. The number of carbonyl (C=O) groups is 1. The number of nitrogens with zero attached hydrogens (tertiary/aromatic N) is 3. The van der Waals surface area contributed by atoms with Crippen molar-refractivity contribution in [2.24, 2.45) is 5.73 Å². The number of nitrogens with one attached hydrogen (secondary N) is 1. The van der Waals surface area contributed by atoms with Gasteiger partial charge in [-0.15, -0.1) is 0 Å². The lowest BCUT2D eigenvalue weighted by molar-refractivity contribution is -0.117. The van der Waals surface area contributed by atoms with Crippen LogP contribution in [-0.2, 0) is 16.8 Å². The predicted octanol–water partition coefficient (Wildman–Crippen LogP) is 5.75. The zero-order valence-corrected chi connectivity index (χ0v) is 22.2. The van der Waals surface area contributed by atoms with Gasteiger partial charge in [-0.25, -0.2) is 18.7 Å². The molecule has 4 N–H and O–H groups in total. The van der Waals surface area contributed by atoms with E-state index in [9.17, 15) is 14.3 Å². The van der Waals surface area contributed by atoms with Crippen LogP contribution in [0.2, 0.25) is 5.02 Å². The molecule has 2 aromatic carbocycles. The Balaban J connectivity index is 1.77. The van der Waals surface area contributed by atoms with Crippen molar-refractivity contribution in [2.75, 3.05) is 5.32 Å². The zero-order chi connectivity index (χ0) is 27.8. The molecule has 0 bridgehead atoms. The summed E-state index contributed by atoms with van der Waals surface area (Å²) in [4.78, 5) is 24.0. The van der Waals surface area contributed by atoms with Gasteiger partial charge in [0.25, 0.3) is 0 Å². The Bertz CT molecular complexity index is 1520. The second-order valence-electron chi connectivity index (χ2n) is 9.78. The highest BCUT2D eigenvalue weighted by molar-refractivity contribution is 6.35. The molecule has 0 aliphatic rings. The number of fused-ring (bicyclic) bond motifs is 1. The molecule has 7 nitrogen and oxygen atoms in total. The van der Waals surface area contributed by atoms with Crippen LogP contribution in [-0.4, -0.2) is 26.0 Å². The number of aromatic nitrogens is 3. The molecule has 0 unspecified atom stereocenters. The molecule has 0 saturated heterocycles. The van der Waals surface area contributed by atoms with E-state index in [1.807, 2.05) is 0 Å². The van der Waals surface area contributed by atoms with Crippen LogP contribution in [0.5, 0.6) is 0 Å². The maximum Gasteiger partial charge on any atom is 0.217 e. The van der Waals surface area contributed by atoms with Crippen molar-refractivity contribution in [3.8, 4) is 11.1 Å². The third-order valence-electron chi connectivity index (χ3n) is 6.24. The number of carbonyl (C=O) groups excluding carboxylic acids is 1. The molecule has 0 aliphatic heterocycles. The minimum absolute atomic E-state index is 0.154. The Morgan fingerprint density at radius 2 is 1.84 bits per heavy atom. The number of benzene rings is 2. The van der Waals surface area contributed by atoms with Gasteiger partial charge < -0.3 is 16.2 Å². The van der Waals surface area contributed by atoms with Crippen molar-refractivity contribution < 1.29 is 18.7 Å². The molecule has 0 fully saturated rings. The molecular formula is C28H28ClF2N5O2. The molecule has 1 amide bonds. The van der Waals surface area contributed by atoms with Crippen LogP contribution in [0.4, 0.5) is 14.5 Å². The molecule has 38 heavy (non-hydrogen) atoms. The SMILES string of the molecule is Cc1nc2cc(F)c(-c3cnc(C(C)(C)O)nc3)cc2c(N[C@H](C)c2cc(CCC(N)=O)ccc2F)c1Cl. The quantitative estimate of drug-likeness (QED) is 0.263. The maximum absolute atomic E-state index is 15.2. The van der Waals surface area contributed by atoms with E-state index >= 15 is 4.39 Å². The van der Waals surface area contributed by atoms with E-state index in [0.717, 1.165) is 5.56 Å². The van der Waals surface area contributed by atoms with Crippen LogP contribution in [0, 0.1) is 18.6 Å². The first-order valence-electron chi connectivity index (χ1n) is 12.0. The van der Waals surface area contributed by atoms with Crippen LogP contribution in [0.3, 0.4) is 0 Å². The lowest BCUT2D eigenvalue weighted by Gasteiger charge is -2.21. The standard InChI is InChI=1S/C28H28ClF2N5O2/c1-14(18-9-16(5-7-21(18)30)6-8-24(32)37)36-26-20-10-19(17-12-33-27(34-13-17)28(3,4)38)22(31)11-23(20)35-15(2)25(26)29/h5,7,9-14,38H,6,8H2,1-4H3,(H2,32,37)(H,35,36)/t14-/m1/s1. The van der Waals surface area contributed by atoms with Gasteiger partial charge in [0.2, 0.25) is 5.91 Å². The number of hydrogen-bond acceptors (Lipinski definition) is 6. The number of amides is 1. The molecular weight excluding hydrogens is 512 g/mol. The van der Waals surface area contributed by atoms with Gasteiger partial charge in [-0.3, -0.25) is 9.78 Å². The lowest BCUT2D eigenvalue weighted by Crippen LogP contribution is -2.19. The van der Waals surface area contributed by atoms with Crippen molar-refractivity contribution in [1.29, 1.82) is 0 Å². The summed E-state index contributed by atoms with van der Waals surface area (Å²) < 4.78 is 30.0. The molecule has 0 saturated carbocycles. The maximum atomic E-state index is 15.2. The number of hydrogen-bond donors (Lipinski definition) is 3. The summed E-state index contributed by atoms with van der Waals surface area (Å²) in [7, 11) is 0. The fraction of sp³-hybridized carbons (Fsp3) is 0.286. The molecule has 0 radical (unpaired) electrons. The average Bonchev–Trinajstić information content (AvgIpc) is 2.85. The highest BCUT2D eigenvalue weighted by atomic mass is 35.5. The molecule has 2 heterocycles. The Kier molecular flexibility index (Phi) is 7.62. The first-order valence-corrected chi connectivity index (χ1v) is 12.4. The fourth-order valence-electron chi connectivity index (χ4n) is 4.17. The first kappa shape index (κ1) is 27.3. The third-order valence-corrected chi connectivity index (χ3v) is 6.70. The average molecular weight is 540 g/mol. The highest BCUT2D eigenvalue weighted by Crippen LogP contribution is 2.38. The van der Waals surface area contributed by atoms with Crippen LogP contribution in [0.1, 0.15) is 55.9 Å². The van der Waals surface area contributed by atoms with Crippen LogP contribution >= 0.6 is 11.6 Å². The number of nitrogens with two attached hydrogens (primary N) is 1. The second kappa shape index (κ2) is 10.6. The summed E-state index contributed by atoms with van der Waals surface area (Å²) in [6, 6.07) is 7.03. The van der Waals surface area contributed by atoms with Crippen LogP contribution < -0.4 is 11.1 Å². The molecule has 4 aromatic rings. The summed E-state index contributed by atoms with van der Waals surface area (Å²) in [5.74, 6) is -1.18. The smallest absolute Gasteiger partial charge is 0.217 e. The molecule has 2 aromatic heterocycles. The Hall–Kier alpha value is -3.69. The monoisotopic (exact) mass is 539 g/mol. The van der Waals surface area contributed by atoms with Crippen molar-refractivity contribution in [1.82, 2.24) is 15.0 Å². The van der Waals surface area contributed by atoms with Gasteiger partial charge >= 0.3 is 0 Å². The molecule has 198 valence electrons. The van der Waals surface area contributed by atoms with E-state index < -0.39 is 29.2 Å². The molecule has 0 spiro atoms. The summed E-state index contributed by atoms with van der Waals surface area (Å²) in [6.45, 7) is 6.60. The van der Waals surface area contributed by atoms with Crippen LogP contribution in [0.25, 0.3) is 22.0 Å². The highest BCUT2D eigenvalue weighted by Gasteiger charge is 2.22. The second-order valence-corrected chi connectivity index (χ2v) is 10.2. The van der Waals surface area contributed by atoms with Gasteiger partial charge in [-0.05, 0) is 51.8 Å². The number of halogens is 3. The van der Waals surface area contributed by atoms with E-state index in [4.69, 9.17) is 17.3 Å². The number of aliphatic hydroxyl groups is 1. The van der Waals surface area contributed by atoms with Crippen molar-refractivity contribution in [2.45, 2.75) is 52.2 Å². The van der Waals surface area contributed by atoms with Crippen LogP contribution in [0.15, 0.2) is 42.7 Å². The first-order chi connectivity index (χ1) is 17.8. The Morgan fingerprint density at radius 3 is 2.47 bits per heavy atom. The van der Waals surface area contributed by atoms with Gasteiger partial charge in [-0.2, -0.15) is 0 Å².